The van der Waals surface area contributed by atoms with E-state index >= 15 is 0 Å². The minimum atomic E-state index is -1.90. The maximum absolute atomic E-state index is 13.6. The van der Waals surface area contributed by atoms with E-state index in [1.165, 1.54) is 4.90 Å². The summed E-state index contributed by atoms with van der Waals surface area (Å²) in [5, 5.41) is 19.2. The first-order valence-electron chi connectivity index (χ1n) is 7.51. The molecule has 1 saturated carbocycles. The lowest BCUT2D eigenvalue weighted by Gasteiger charge is -2.36. The van der Waals surface area contributed by atoms with Crippen molar-refractivity contribution in [1.29, 1.82) is 0 Å². The van der Waals surface area contributed by atoms with E-state index in [0.29, 0.717) is 19.4 Å². The molecule has 3 unspecified atom stereocenters. The van der Waals surface area contributed by atoms with Crippen LogP contribution >= 0.6 is 0 Å². The third-order valence-corrected chi connectivity index (χ3v) is 4.62. The molecule has 1 heterocycles. The summed E-state index contributed by atoms with van der Waals surface area (Å²) >= 11 is 0. The molecule has 2 rings (SSSR count). The first-order chi connectivity index (χ1) is 9.91. The van der Waals surface area contributed by atoms with Gasteiger partial charge in [-0.05, 0) is 38.0 Å². The van der Waals surface area contributed by atoms with E-state index in [-0.39, 0.29) is 12.0 Å². The molecule has 1 aliphatic carbocycles. The number of halogens is 1. The Morgan fingerprint density at radius 2 is 1.86 bits per heavy atom. The Balaban J connectivity index is 2.03. The summed E-state index contributed by atoms with van der Waals surface area (Å²) in [5.74, 6) is -1.74. The normalized spacial score (nSPS) is 32.7. The fourth-order valence-electron chi connectivity index (χ4n) is 3.53. The van der Waals surface area contributed by atoms with Gasteiger partial charge in [-0.15, -0.1) is 0 Å². The van der Waals surface area contributed by atoms with Gasteiger partial charge in [-0.2, -0.15) is 0 Å². The Hall–Kier alpha value is -1.21. The molecule has 2 aliphatic rings. The second-order valence-corrected chi connectivity index (χ2v) is 6.06. The lowest BCUT2D eigenvalue weighted by molar-refractivity contribution is -0.153. The Morgan fingerprint density at radius 3 is 2.48 bits per heavy atom. The number of nitrogens with two attached hydrogens (primary N) is 1. The summed E-state index contributed by atoms with van der Waals surface area (Å²) in [5.41, 5.74) is 4.90. The van der Waals surface area contributed by atoms with Gasteiger partial charge < -0.3 is 20.8 Å². The predicted octanol–water partition coefficient (Wildman–Crippen LogP) is -0.287. The second-order valence-electron chi connectivity index (χ2n) is 6.06. The van der Waals surface area contributed by atoms with Gasteiger partial charge in [0.2, 0.25) is 5.91 Å². The number of likely N-dealkylation sites (tertiary alicyclic amines) is 1. The van der Waals surface area contributed by atoms with Gasteiger partial charge in [-0.1, -0.05) is 6.42 Å². The highest BCUT2D eigenvalue weighted by molar-refractivity contribution is 5.90. The molecule has 2 fully saturated rings. The number of aliphatic hydroxyl groups is 2. The van der Waals surface area contributed by atoms with Gasteiger partial charge in [0.1, 0.15) is 6.17 Å². The number of hydrogen-bond acceptors (Lipinski definition) is 4. The summed E-state index contributed by atoms with van der Waals surface area (Å²) in [6.07, 6.45) is -0.357. The molecular formula is C14H23FN2O4. The minimum absolute atomic E-state index is 0.0816. The van der Waals surface area contributed by atoms with E-state index in [2.05, 4.69) is 0 Å². The fourth-order valence-corrected chi connectivity index (χ4v) is 3.53. The molecular weight excluding hydrogens is 279 g/mol. The quantitative estimate of drug-likeness (QED) is 0.664. The number of rotatable bonds is 4. The van der Waals surface area contributed by atoms with E-state index < -0.39 is 30.2 Å². The van der Waals surface area contributed by atoms with Crippen LogP contribution in [0.2, 0.25) is 0 Å². The van der Waals surface area contributed by atoms with Crippen molar-refractivity contribution in [1.82, 2.24) is 4.90 Å². The first-order valence-corrected chi connectivity index (χ1v) is 7.51. The van der Waals surface area contributed by atoms with E-state index in [1.54, 1.807) is 0 Å². The van der Waals surface area contributed by atoms with Crippen molar-refractivity contribution in [3.63, 3.8) is 0 Å². The first kappa shape index (κ1) is 16.2. The molecule has 1 aliphatic heterocycles. The van der Waals surface area contributed by atoms with Crippen LogP contribution in [0.1, 0.15) is 38.5 Å². The summed E-state index contributed by atoms with van der Waals surface area (Å²) in [7, 11) is 0. The predicted molar refractivity (Wildman–Crippen MR) is 72.8 cm³/mol. The van der Waals surface area contributed by atoms with Gasteiger partial charge in [-0.25, -0.2) is 4.39 Å². The third kappa shape index (κ3) is 3.52. The highest BCUT2D eigenvalue weighted by Gasteiger charge is 2.41. The number of nitrogens with zero attached hydrogens (tertiary/aromatic N) is 1. The highest BCUT2D eigenvalue weighted by atomic mass is 19.1. The molecule has 120 valence electrons. The number of primary amides is 1. The van der Waals surface area contributed by atoms with Crippen molar-refractivity contribution >= 4 is 11.8 Å². The monoisotopic (exact) mass is 302 g/mol. The average molecular weight is 302 g/mol. The topological polar surface area (TPSA) is 104 Å². The number of amides is 2. The Kier molecular flexibility index (Phi) is 5.16. The number of carbonyl (C=O) groups is 2. The summed E-state index contributed by atoms with van der Waals surface area (Å²) in [6, 6.07) is -0.120. The summed E-state index contributed by atoms with van der Waals surface area (Å²) < 4.78 is 13.6. The zero-order valence-electron chi connectivity index (χ0n) is 11.9. The van der Waals surface area contributed by atoms with Crippen LogP contribution in [0.4, 0.5) is 4.39 Å². The molecule has 7 heteroatoms. The van der Waals surface area contributed by atoms with Gasteiger partial charge in [0.25, 0.3) is 5.91 Å². The van der Waals surface area contributed by atoms with Crippen LogP contribution in [0.3, 0.4) is 0 Å². The molecule has 0 spiro atoms. The molecule has 5 atom stereocenters. The van der Waals surface area contributed by atoms with Gasteiger partial charge >= 0.3 is 0 Å². The third-order valence-electron chi connectivity index (χ3n) is 4.62. The van der Waals surface area contributed by atoms with E-state index in [0.717, 1.165) is 25.7 Å². The maximum Gasteiger partial charge on any atom is 0.254 e. The standard InChI is InChI=1S/C14H23FN2O4/c15-9-4-1-3-8(7-9)10-5-2-6-17(10)14(21)12(19)11(18)13(16)20/h8-12,18-19H,1-7H2,(H2,16,20)/t8?,9?,10?,11-,12-/m1/s1. The number of carbonyl (C=O) groups excluding carboxylic acids is 2. The fraction of sp³-hybridized carbons (Fsp3) is 0.857. The van der Waals surface area contributed by atoms with Crippen LogP contribution in [0, 0.1) is 5.92 Å². The van der Waals surface area contributed by atoms with Crippen LogP contribution in [-0.2, 0) is 9.59 Å². The molecule has 0 aromatic heterocycles. The summed E-state index contributed by atoms with van der Waals surface area (Å²) in [6.45, 7) is 0.458. The van der Waals surface area contributed by atoms with Crippen LogP contribution in [-0.4, -0.2) is 57.9 Å². The molecule has 2 amide bonds. The lowest BCUT2D eigenvalue weighted by atomic mass is 9.82. The number of aliphatic hydroxyl groups excluding tert-OH is 2. The molecule has 4 N–H and O–H groups in total. The molecule has 0 radical (unpaired) electrons. The lowest BCUT2D eigenvalue weighted by Crippen LogP contribution is -2.52. The molecule has 0 aromatic rings. The molecule has 21 heavy (non-hydrogen) atoms. The maximum atomic E-state index is 13.6. The van der Waals surface area contributed by atoms with Crippen molar-refractivity contribution in [3.05, 3.63) is 0 Å². The SMILES string of the molecule is NC(=O)[C@H](O)[C@@H](O)C(=O)N1CCCC1C1CCCC(F)C1. The molecule has 1 saturated heterocycles. The van der Waals surface area contributed by atoms with Gasteiger partial charge in [0, 0.05) is 12.6 Å². The van der Waals surface area contributed by atoms with E-state index in [4.69, 9.17) is 5.73 Å². The zero-order chi connectivity index (χ0) is 15.6. The van der Waals surface area contributed by atoms with Crippen molar-refractivity contribution in [2.24, 2.45) is 11.7 Å². The highest BCUT2D eigenvalue weighted by Crippen LogP contribution is 2.35. The van der Waals surface area contributed by atoms with Crippen LogP contribution in [0.15, 0.2) is 0 Å². The minimum Gasteiger partial charge on any atom is -0.380 e. The Morgan fingerprint density at radius 1 is 1.14 bits per heavy atom. The van der Waals surface area contributed by atoms with E-state index in [9.17, 15) is 24.2 Å². The van der Waals surface area contributed by atoms with Crippen molar-refractivity contribution < 1.29 is 24.2 Å². The largest absolute Gasteiger partial charge is 0.380 e. The number of hydrogen-bond donors (Lipinski definition) is 3. The van der Waals surface area contributed by atoms with Gasteiger partial charge in [0.05, 0.1) is 0 Å². The average Bonchev–Trinajstić information content (AvgIpc) is 2.94. The van der Waals surface area contributed by atoms with E-state index in [1.807, 2.05) is 0 Å². The van der Waals surface area contributed by atoms with Crippen molar-refractivity contribution in [3.8, 4) is 0 Å². The smallest absolute Gasteiger partial charge is 0.254 e. The van der Waals surface area contributed by atoms with Crippen LogP contribution in [0.25, 0.3) is 0 Å². The summed E-state index contributed by atoms with van der Waals surface area (Å²) in [4.78, 5) is 24.6. The van der Waals surface area contributed by atoms with Gasteiger partial charge in [0.15, 0.2) is 12.2 Å². The molecule has 6 nitrogen and oxygen atoms in total. The van der Waals surface area contributed by atoms with Crippen LogP contribution in [0.5, 0.6) is 0 Å². The zero-order valence-corrected chi connectivity index (χ0v) is 11.9. The molecule has 0 bridgehead atoms. The Bertz CT molecular complexity index is 406. The molecule has 0 aromatic carbocycles. The second kappa shape index (κ2) is 6.70. The van der Waals surface area contributed by atoms with Crippen molar-refractivity contribution in [2.45, 2.75) is 62.9 Å². The Labute approximate surface area is 123 Å². The van der Waals surface area contributed by atoms with Crippen LogP contribution < -0.4 is 5.73 Å². The van der Waals surface area contributed by atoms with Crippen molar-refractivity contribution in [2.75, 3.05) is 6.54 Å². The van der Waals surface area contributed by atoms with Gasteiger partial charge in [-0.3, -0.25) is 9.59 Å². The number of alkyl halides is 1.